The van der Waals surface area contributed by atoms with E-state index in [2.05, 4.69) is 0 Å². The average molecular weight is 404 g/mol. The third-order valence-corrected chi connectivity index (χ3v) is 6.43. The number of benzene rings is 2. The lowest BCUT2D eigenvalue weighted by atomic mass is 10.2. The molecule has 0 radical (unpaired) electrons. The van der Waals surface area contributed by atoms with Crippen LogP contribution in [0.1, 0.15) is 5.56 Å². The molecule has 1 fully saturated rings. The van der Waals surface area contributed by atoms with Gasteiger partial charge in [0, 0.05) is 32.3 Å². The van der Waals surface area contributed by atoms with Gasteiger partial charge in [0.1, 0.15) is 11.6 Å². The Labute approximate surface area is 163 Å². The average Bonchev–Trinajstić information content (AvgIpc) is 2.72. The van der Waals surface area contributed by atoms with Crippen LogP contribution in [0.4, 0.5) is 4.39 Å². The summed E-state index contributed by atoms with van der Waals surface area (Å²) >= 11 is 0. The van der Waals surface area contributed by atoms with Gasteiger partial charge in [0.25, 0.3) is 0 Å². The van der Waals surface area contributed by atoms with Crippen molar-refractivity contribution in [1.82, 2.24) is 9.21 Å². The number of rotatable bonds is 5. The van der Waals surface area contributed by atoms with Crippen molar-refractivity contribution in [3.05, 3.63) is 66.0 Å². The molecule has 0 N–H and O–H groups in total. The van der Waals surface area contributed by atoms with E-state index in [0.717, 1.165) is 17.7 Å². The molecule has 6 nitrogen and oxygen atoms in total. The van der Waals surface area contributed by atoms with Gasteiger partial charge < -0.3 is 9.64 Å². The van der Waals surface area contributed by atoms with Crippen LogP contribution in [0.15, 0.2) is 59.5 Å². The van der Waals surface area contributed by atoms with E-state index < -0.39 is 15.8 Å². The maximum Gasteiger partial charge on any atom is 0.246 e. The molecule has 0 unspecified atom stereocenters. The fourth-order valence-electron chi connectivity index (χ4n) is 2.92. The Balaban J connectivity index is 1.60. The van der Waals surface area contributed by atoms with Gasteiger partial charge in [-0.2, -0.15) is 4.31 Å². The molecule has 8 heteroatoms. The molecule has 2 aromatic carbocycles. The zero-order valence-electron chi connectivity index (χ0n) is 15.4. The summed E-state index contributed by atoms with van der Waals surface area (Å²) in [7, 11) is -2.12. The maximum absolute atomic E-state index is 13.0. The van der Waals surface area contributed by atoms with Crippen molar-refractivity contribution >= 4 is 22.0 Å². The van der Waals surface area contributed by atoms with Crippen LogP contribution in [0.25, 0.3) is 6.08 Å². The normalized spacial score (nSPS) is 15.7. The van der Waals surface area contributed by atoms with Gasteiger partial charge in [0.05, 0.1) is 12.0 Å². The summed E-state index contributed by atoms with van der Waals surface area (Å²) in [5.74, 6) is 0.0352. The van der Waals surface area contributed by atoms with Crippen molar-refractivity contribution in [3.63, 3.8) is 0 Å². The van der Waals surface area contributed by atoms with Gasteiger partial charge in [-0.05, 0) is 48.0 Å². The van der Waals surface area contributed by atoms with Crippen LogP contribution in [0.2, 0.25) is 0 Å². The van der Waals surface area contributed by atoms with Crippen LogP contribution in [0.3, 0.4) is 0 Å². The first-order valence-corrected chi connectivity index (χ1v) is 10.2. The van der Waals surface area contributed by atoms with Crippen LogP contribution in [0, 0.1) is 5.82 Å². The van der Waals surface area contributed by atoms with Crippen molar-refractivity contribution in [3.8, 4) is 5.75 Å². The first-order chi connectivity index (χ1) is 13.4. The minimum Gasteiger partial charge on any atom is -0.497 e. The Hall–Kier alpha value is -2.71. The molecule has 1 heterocycles. The van der Waals surface area contributed by atoms with E-state index in [9.17, 15) is 17.6 Å². The molecular formula is C20H21FN2O4S. The van der Waals surface area contributed by atoms with E-state index in [1.165, 1.54) is 22.5 Å². The zero-order valence-corrected chi connectivity index (χ0v) is 16.2. The van der Waals surface area contributed by atoms with E-state index in [1.54, 1.807) is 18.1 Å². The van der Waals surface area contributed by atoms with Crippen molar-refractivity contribution in [2.45, 2.75) is 4.90 Å². The third-order valence-electron chi connectivity index (χ3n) is 4.51. The molecule has 1 aliphatic rings. The number of hydrogen-bond acceptors (Lipinski definition) is 4. The fraction of sp³-hybridized carbons (Fsp3) is 0.250. The SMILES string of the molecule is COc1cccc(/C=C/C(=O)N2CCN(S(=O)(=O)c3ccc(F)cc3)CC2)c1. The predicted molar refractivity (Wildman–Crippen MR) is 104 cm³/mol. The first kappa shape index (κ1) is 20.0. The van der Waals surface area contributed by atoms with Gasteiger partial charge >= 0.3 is 0 Å². The van der Waals surface area contributed by atoms with Crippen molar-refractivity contribution in [2.75, 3.05) is 33.3 Å². The van der Waals surface area contributed by atoms with Gasteiger partial charge in [-0.1, -0.05) is 12.1 Å². The number of amides is 1. The quantitative estimate of drug-likeness (QED) is 0.718. The van der Waals surface area contributed by atoms with Crippen LogP contribution >= 0.6 is 0 Å². The number of methoxy groups -OCH3 is 1. The Kier molecular flexibility index (Phi) is 6.11. The van der Waals surface area contributed by atoms with Crippen molar-refractivity contribution in [2.24, 2.45) is 0 Å². The molecule has 0 bridgehead atoms. The number of ether oxygens (including phenoxy) is 1. The molecule has 28 heavy (non-hydrogen) atoms. The number of nitrogens with zero attached hydrogens (tertiary/aromatic N) is 2. The highest BCUT2D eigenvalue weighted by Crippen LogP contribution is 2.18. The van der Waals surface area contributed by atoms with E-state index in [4.69, 9.17) is 4.74 Å². The molecule has 148 valence electrons. The van der Waals surface area contributed by atoms with E-state index in [0.29, 0.717) is 18.8 Å². The molecule has 0 atom stereocenters. The summed E-state index contributed by atoms with van der Waals surface area (Å²) < 4.78 is 44.7. The van der Waals surface area contributed by atoms with E-state index >= 15 is 0 Å². The van der Waals surface area contributed by atoms with Gasteiger partial charge in [-0.3, -0.25) is 4.79 Å². The highest BCUT2D eigenvalue weighted by atomic mass is 32.2. The van der Waals surface area contributed by atoms with Crippen LogP contribution in [-0.2, 0) is 14.8 Å². The second-order valence-electron chi connectivity index (χ2n) is 6.29. The number of hydrogen-bond donors (Lipinski definition) is 0. The van der Waals surface area contributed by atoms with Gasteiger partial charge in [-0.25, -0.2) is 12.8 Å². The molecule has 1 amide bonds. The minimum absolute atomic E-state index is 0.0478. The number of carbonyl (C=O) groups is 1. The molecule has 3 rings (SSSR count). The maximum atomic E-state index is 13.0. The summed E-state index contributed by atoms with van der Waals surface area (Å²) in [6, 6.07) is 12.1. The standard InChI is InChI=1S/C20H21FN2O4S/c1-27-18-4-2-3-16(15-18)5-10-20(24)22-11-13-23(14-12-22)28(25,26)19-8-6-17(21)7-9-19/h2-10,15H,11-14H2,1H3/b10-5+. The van der Waals surface area contributed by atoms with Crippen LogP contribution < -0.4 is 4.74 Å². The monoisotopic (exact) mass is 404 g/mol. The zero-order chi connectivity index (χ0) is 20.1. The number of carbonyl (C=O) groups excluding carboxylic acids is 1. The fourth-order valence-corrected chi connectivity index (χ4v) is 4.34. The highest BCUT2D eigenvalue weighted by Gasteiger charge is 2.29. The largest absolute Gasteiger partial charge is 0.497 e. The van der Waals surface area contributed by atoms with Crippen LogP contribution in [-0.4, -0.2) is 56.8 Å². The van der Waals surface area contributed by atoms with Crippen molar-refractivity contribution < 1.29 is 22.3 Å². The van der Waals surface area contributed by atoms with Gasteiger partial charge in [0.15, 0.2) is 0 Å². The topological polar surface area (TPSA) is 66.9 Å². The Morgan fingerprint density at radius 3 is 2.39 bits per heavy atom. The predicted octanol–water partition coefficient (Wildman–Crippen LogP) is 2.38. The Morgan fingerprint density at radius 1 is 1.07 bits per heavy atom. The first-order valence-electron chi connectivity index (χ1n) is 8.77. The molecule has 0 aromatic heterocycles. The Morgan fingerprint density at radius 2 is 1.75 bits per heavy atom. The van der Waals surface area contributed by atoms with E-state index in [1.807, 2.05) is 24.3 Å². The molecule has 0 aliphatic carbocycles. The van der Waals surface area contributed by atoms with Crippen LogP contribution in [0.5, 0.6) is 5.75 Å². The minimum atomic E-state index is -3.69. The molecule has 1 aliphatic heterocycles. The Bertz CT molecular complexity index is 966. The lowest BCUT2D eigenvalue weighted by Crippen LogP contribution is -2.50. The molecular weight excluding hydrogens is 383 g/mol. The second kappa shape index (κ2) is 8.53. The molecule has 2 aromatic rings. The number of halogens is 1. The molecule has 0 saturated carbocycles. The number of piperazine rings is 1. The summed E-state index contributed by atoms with van der Waals surface area (Å²) in [6.45, 7) is 0.973. The molecule has 0 spiro atoms. The molecule has 1 saturated heterocycles. The smallest absolute Gasteiger partial charge is 0.246 e. The number of sulfonamides is 1. The van der Waals surface area contributed by atoms with Crippen molar-refractivity contribution in [1.29, 1.82) is 0 Å². The van der Waals surface area contributed by atoms with Gasteiger partial charge in [0.2, 0.25) is 15.9 Å². The van der Waals surface area contributed by atoms with Gasteiger partial charge in [-0.15, -0.1) is 0 Å². The summed E-state index contributed by atoms with van der Waals surface area (Å²) in [6.07, 6.45) is 3.17. The lowest BCUT2D eigenvalue weighted by Gasteiger charge is -2.33. The highest BCUT2D eigenvalue weighted by molar-refractivity contribution is 7.89. The third kappa shape index (κ3) is 4.58. The summed E-state index contributed by atoms with van der Waals surface area (Å²) in [5, 5.41) is 0. The summed E-state index contributed by atoms with van der Waals surface area (Å²) in [4.78, 5) is 14.0. The summed E-state index contributed by atoms with van der Waals surface area (Å²) in [5.41, 5.74) is 0.838. The second-order valence-corrected chi connectivity index (χ2v) is 8.23. The van der Waals surface area contributed by atoms with E-state index in [-0.39, 0.29) is 23.9 Å². The lowest BCUT2D eigenvalue weighted by molar-refractivity contribution is -0.127.